The predicted octanol–water partition coefficient (Wildman–Crippen LogP) is 2.11. The molecular formula is C13H14ClFN2O2. The molecule has 1 N–H and O–H groups in total. The fraction of sp³-hybridized carbons (Fsp3) is 0.385. The van der Waals surface area contributed by atoms with Crippen LogP contribution in [-0.2, 0) is 9.59 Å². The molecule has 0 aliphatic carbocycles. The average molecular weight is 285 g/mol. The number of carbonyl (C=O) groups is 2. The Kier molecular flexibility index (Phi) is 3.49. The molecule has 0 spiro atoms. The highest BCUT2D eigenvalue weighted by atomic mass is 35.5. The van der Waals surface area contributed by atoms with Crippen LogP contribution in [0.3, 0.4) is 0 Å². The number of anilines is 1. The summed E-state index contributed by atoms with van der Waals surface area (Å²) in [4.78, 5) is 25.3. The van der Waals surface area contributed by atoms with Gasteiger partial charge in [0.25, 0.3) is 5.91 Å². The molecule has 0 saturated carbocycles. The quantitative estimate of drug-likeness (QED) is 0.859. The lowest BCUT2D eigenvalue weighted by Crippen LogP contribution is -2.53. The van der Waals surface area contributed by atoms with E-state index in [-0.39, 0.29) is 35.5 Å². The summed E-state index contributed by atoms with van der Waals surface area (Å²) in [5.41, 5.74) is -0.750. The second-order valence-corrected chi connectivity index (χ2v) is 5.38. The molecule has 2 rings (SSSR count). The fourth-order valence-corrected chi connectivity index (χ4v) is 2.26. The molecule has 0 radical (unpaired) electrons. The number of halogens is 2. The molecule has 1 aliphatic rings. The first-order valence-corrected chi connectivity index (χ1v) is 6.27. The minimum atomic E-state index is -1.04. The van der Waals surface area contributed by atoms with Gasteiger partial charge in [-0.1, -0.05) is 11.6 Å². The smallest absolute Gasteiger partial charge is 0.252 e. The normalized spacial score (nSPS) is 19.1. The molecule has 0 unspecified atom stereocenters. The Labute approximate surface area is 115 Å². The Hall–Kier alpha value is -1.62. The van der Waals surface area contributed by atoms with E-state index < -0.39 is 11.4 Å². The monoisotopic (exact) mass is 284 g/mol. The Morgan fingerprint density at radius 2 is 2.05 bits per heavy atom. The van der Waals surface area contributed by atoms with Crippen LogP contribution in [0.15, 0.2) is 18.2 Å². The van der Waals surface area contributed by atoms with E-state index in [9.17, 15) is 14.0 Å². The summed E-state index contributed by atoms with van der Waals surface area (Å²) in [6.45, 7) is 3.40. The maximum absolute atomic E-state index is 13.3. The first-order valence-electron chi connectivity index (χ1n) is 5.89. The summed E-state index contributed by atoms with van der Waals surface area (Å²) in [5.74, 6) is -1.01. The van der Waals surface area contributed by atoms with Crippen LogP contribution in [-0.4, -0.2) is 23.9 Å². The van der Waals surface area contributed by atoms with Crippen molar-refractivity contribution in [2.24, 2.45) is 0 Å². The maximum Gasteiger partial charge on any atom is 0.252 e. The summed E-state index contributed by atoms with van der Waals surface area (Å²) in [7, 11) is 0. The SMILES string of the molecule is CC1(C)NC(=O)CCN(c2cc(F)ccc2Cl)C1=O. The number of nitrogens with one attached hydrogen (secondary N) is 1. The van der Waals surface area contributed by atoms with Crippen molar-refractivity contribution in [3.63, 3.8) is 0 Å². The lowest BCUT2D eigenvalue weighted by atomic mass is 10.0. The maximum atomic E-state index is 13.3. The number of benzene rings is 1. The minimum absolute atomic E-state index is 0.155. The van der Waals surface area contributed by atoms with Crippen molar-refractivity contribution in [3.05, 3.63) is 29.0 Å². The van der Waals surface area contributed by atoms with Gasteiger partial charge in [-0.25, -0.2) is 4.39 Å². The lowest BCUT2D eigenvalue weighted by Gasteiger charge is -2.29. The van der Waals surface area contributed by atoms with Crippen molar-refractivity contribution in [2.45, 2.75) is 25.8 Å². The van der Waals surface area contributed by atoms with Crippen molar-refractivity contribution in [1.29, 1.82) is 0 Å². The van der Waals surface area contributed by atoms with E-state index in [1.807, 2.05) is 0 Å². The highest BCUT2D eigenvalue weighted by molar-refractivity contribution is 6.34. The van der Waals surface area contributed by atoms with Gasteiger partial charge in [-0.15, -0.1) is 0 Å². The molecule has 0 bridgehead atoms. The van der Waals surface area contributed by atoms with Crippen molar-refractivity contribution < 1.29 is 14.0 Å². The predicted molar refractivity (Wildman–Crippen MR) is 70.6 cm³/mol. The highest BCUT2D eigenvalue weighted by Crippen LogP contribution is 2.29. The van der Waals surface area contributed by atoms with Gasteiger partial charge >= 0.3 is 0 Å². The van der Waals surface area contributed by atoms with E-state index in [1.54, 1.807) is 13.8 Å². The highest BCUT2D eigenvalue weighted by Gasteiger charge is 2.37. The third kappa shape index (κ3) is 2.71. The topological polar surface area (TPSA) is 49.4 Å². The summed E-state index contributed by atoms with van der Waals surface area (Å²) < 4.78 is 13.3. The molecule has 19 heavy (non-hydrogen) atoms. The largest absolute Gasteiger partial charge is 0.342 e. The van der Waals surface area contributed by atoms with E-state index in [0.29, 0.717) is 0 Å². The molecule has 6 heteroatoms. The molecule has 2 amide bonds. The molecule has 4 nitrogen and oxygen atoms in total. The van der Waals surface area contributed by atoms with Gasteiger partial charge in [0.2, 0.25) is 5.91 Å². The second kappa shape index (κ2) is 4.81. The number of nitrogens with zero attached hydrogens (tertiary/aromatic N) is 1. The number of amides is 2. The van der Waals surface area contributed by atoms with Crippen LogP contribution < -0.4 is 10.2 Å². The molecular weight excluding hydrogens is 271 g/mol. The van der Waals surface area contributed by atoms with E-state index in [1.165, 1.54) is 23.1 Å². The van der Waals surface area contributed by atoms with Crippen molar-refractivity contribution in [1.82, 2.24) is 5.32 Å². The Bertz CT molecular complexity index is 545. The third-order valence-electron chi connectivity index (χ3n) is 2.99. The van der Waals surface area contributed by atoms with Crippen molar-refractivity contribution in [3.8, 4) is 0 Å². The van der Waals surface area contributed by atoms with Gasteiger partial charge in [0, 0.05) is 13.0 Å². The van der Waals surface area contributed by atoms with Crippen LogP contribution in [0.5, 0.6) is 0 Å². The van der Waals surface area contributed by atoms with E-state index in [0.717, 1.165) is 0 Å². The van der Waals surface area contributed by atoms with Crippen LogP contribution in [0.25, 0.3) is 0 Å². The van der Waals surface area contributed by atoms with Gasteiger partial charge in [0.1, 0.15) is 11.4 Å². The molecule has 1 aliphatic heterocycles. The molecule has 1 aromatic carbocycles. The van der Waals surface area contributed by atoms with Crippen LogP contribution >= 0.6 is 11.6 Å². The van der Waals surface area contributed by atoms with E-state index >= 15 is 0 Å². The van der Waals surface area contributed by atoms with Crippen LogP contribution in [0.1, 0.15) is 20.3 Å². The fourth-order valence-electron chi connectivity index (χ4n) is 2.04. The summed E-state index contributed by atoms with van der Waals surface area (Å²) in [6.07, 6.45) is 0.155. The third-order valence-corrected chi connectivity index (χ3v) is 3.31. The summed E-state index contributed by atoms with van der Waals surface area (Å²) in [6, 6.07) is 3.82. The van der Waals surface area contributed by atoms with E-state index in [4.69, 9.17) is 11.6 Å². The van der Waals surface area contributed by atoms with E-state index in [2.05, 4.69) is 5.32 Å². The van der Waals surface area contributed by atoms with Crippen LogP contribution in [0, 0.1) is 5.82 Å². The number of hydrogen-bond donors (Lipinski definition) is 1. The van der Waals surface area contributed by atoms with Gasteiger partial charge in [-0.2, -0.15) is 0 Å². The molecule has 102 valence electrons. The zero-order chi connectivity index (χ0) is 14.2. The summed E-state index contributed by atoms with van der Waals surface area (Å²) >= 11 is 6.01. The van der Waals surface area contributed by atoms with Gasteiger partial charge in [-0.3, -0.25) is 9.59 Å². The zero-order valence-corrected chi connectivity index (χ0v) is 11.4. The molecule has 0 aromatic heterocycles. The molecule has 1 aromatic rings. The van der Waals surface area contributed by atoms with Crippen molar-refractivity contribution >= 4 is 29.1 Å². The number of hydrogen-bond acceptors (Lipinski definition) is 2. The zero-order valence-electron chi connectivity index (χ0n) is 10.7. The molecule has 1 saturated heterocycles. The Balaban J connectivity index is 2.45. The van der Waals surface area contributed by atoms with Crippen LogP contribution in [0.4, 0.5) is 10.1 Å². The Morgan fingerprint density at radius 1 is 1.37 bits per heavy atom. The summed E-state index contributed by atoms with van der Waals surface area (Å²) in [5, 5.41) is 2.91. The Morgan fingerprint density at radius 3 is 2.74 bits per heavy atom. The van der Waals surface area contributed by atoms with Crippen LogP contribution in [0.2, 0.25) is 5.02 Å². The van der Waals surface area contributed by atoms with Gasteiger partial charge in [-0.05, 0) is 32.0 Å². The van der Waals surface area contributed by atoms with Crippen molar-refractivity contribution in [2.75, 3.05) is 11.4 Å². The van der Waals surface area contributed by atoms with Gasteiger partial charge in [0.15, 0.2) is 0 Å². The molecule has 0 atom stereocenters. The first kappa shape index (κ1) is 13.8. The standard InChI is InChI=1S/C13H14ClFN2O2/c1-13(2)12(19)17(6-5-11(18)16-13)10-7-8(15)3-4-9(10)14/h3-4,7H,5-6H2,1-2H3,(H,16,18). The molecule has 1 fully saturated rings. The van der Waals surface area contributed by atoms with Gasteiger partial charge in [0.05, 0.1) is 10.7 Å². The first-order chi connectivity index (χ1) is 8.81. The number of carbonyl (C=O) groups excluding carboxylic acids is 2. The van der Waals surface area contributed by atoms with Gasteiger partial charge < -0.3 is 10.2 Å². The second-order valence-electron chi connectivity index (χ2n) is 4.98. The average Bonchev–Trinajstić information content (AvgIpc) is 2.41. The number of rotatable bonds is 1. The lowest BCUT2D eigenvalue weighted by molar-refractivity contribution is -0.128. The minimum Gasteiger partial charge on any atom is -0.342 e. The molecule has 1 heterocycles.